The third-order valence-corrected chi connectivity index (χ3v) is 6.37. The number of nitrogens with zero attached hydrogens (tertiary/aromatic N) is 1. The lowest BCUT2D eigenvalue weighted by molar-refractivity contribution is -0.121. The van der Waals surface area contributed by atoms with Crippen LogP contribution in [0.5, 0.6) is 0 Å². The molecule has 144 valence electrons. The Morgan fingerprint density at radius 2 is 1.76 bits per heavy atom. The van der Waals surface area contributed by atoms with Crippen molar-refractivity contribution in [1.82, 2.24) is 4.90 Å². The van der Waals surface area contributed by atoms with Crippen LogP contribution in [0.3, 0.4) is 0 Å². The van der Waals surface area contributed by atoms with Gasteiger partial charge in [-0.3, -0.25) is 4.18 Å². The van der Waals surface area contributed by atoms with Crippen LogP contribution in [0, 0.1) is 11.3 Å². The standard InChI is InChI=1S/C18H31NO5S/c1-17(2,3)23-16(20)19-8-6-5-7-15(19)13-9-18(10-13)11-14(12-18)24-25(4,21)22/h13-15H,5-12H2,1-4H3/t13?,14?,15-,18?/m0/s1. The van der Waals surface area contributed by atoms with Gasteiger partial charge in [0.2, 0.25) is 0 Å². The summed E-state index contributed by atoms with van der Waals surface area (Å²) in [6.07, 6.45) is 7.82. The fraction of sp³-hybridized carbons (Fsp3) is 0.944. The smallest absolute Gasteiger partial charge is 0.410 e. The molecule has 25 heavy (non-hydrogen) atoms. The zero-order valence-corrected chi connectivity index (χ0v) is 16.6. The van der Waals surface area contributed by atoms with Crippen molar-refractivity contribution in [2.45, 2.75) is 83.5 Å². The quantitative estimate of drug-likeness (QED) is 0.710. The van der Waals surface area contributed by atoms with Crippen molar-refractivity contribution < 1.29 is 22.1 Å². The third-order valence-electron chi connectivity index (χ3n) is 5.74. The van der Waals surface area contributed by atoms with E-state index >= 15 is 0 Å². The van der Waals surface area contributed by atoms with Gasteiger partial charge in [-0.2, -0.15) is 8.42 Å². The third kappa shape index (κ3) is 4.48. The highest BCUT2D eigenvalue weighted by atomic mass is 32.2. The van der Waals surface area contributed by atoms with Crippen LogP contribution in [0.1, 0.15) is 65.7 Å². The van der Waals surface area contributed by atoms with E-state index in [2.05, 4.69) is 0 Å². The summed E-state index contributed by atoms with van der Waals surface area (Å²) in [5.74, 6) is 0.506. The van der Waals surface area contributed by atoms with Crippen LogP contribution >= 0.6 is 0 Å². The molecule has 3 rings (SSSR count). The number of piperidine rings is 1. The zero-order chi connectivity index (χ0) is 18.5. The van der Waals surface area contributed by atoms with Gasteiger partial charge >= 0.3 is 6.09 Å². The number of hydrogen-bond donors (Lipinski definition) is 0. The largest absolute Gasteiger partial charge is 0.444 e. The van der Waals surface area contributed by atoms with Crippen molar-refractivity contribution in [3.05, 3.63) is 0 Å². The van der Waals surface area contributed by atoms with Crippen molar-refractivity contribution in [3.8, 4) is 0 Å². The molecule has 3 aliphatic rings. The lowest BCUT2D eigenvalue weighted by Crippen LogP contribution is -2.58. The molecule has 1 aliphatic heterocycles. The van der Waals surface area contributed by atoms with Gasteiger partial charge in [0.15, 0.2) is 0 Å². The van der Waals surface area contributed by atoms with Crippen molar-refractivity contribution in [3.63, 3.8) is 0 Å². The Labute approximate surface area is 151 Å². The molecule has 0 aromatic heterocycles. The second kappa shape index (κ2) is 6.41. The van der Waals surface area contributed by atoms with Gasteiger partial charge < -0.3 is 9.64 Å². The summed E-state index contributed by atoms with van der Waals surface area (Å²) in [7, 11) is -3.36. The van der Waals surface area contributed by atoms with Crippen molar-refractivity contribution in [2.24, 2.45) is 11.3 Å². The normalized spacial score (nSPS) is 35.8. The monoisotopic (exact) mass is 373 g/mol. The second-order valence-electron chi connectivity index (χ2n) is 9.24. The molecule has 0 aromatic rings. The number of carbonyl (C=O) groups is 1. The van der Waals surface area contributed by atoms with Crippen LogP contribution in [-0.4, -0.2) is 50.0 Å². The Morgan fingerprint density at radius 3 is 2.32 bits per heavy atom. The van der Waals surface area contributed by atoms with Gasteiger partial charge in [0, 0.05) is 12.6 Å². The SMILES string of the molecule is CC(C)(C)OC(=O)N1CCCC[C@H]1C1CC2(CC(OS(C)(=O)=O)C2)C1. The molecular formula is C18H31NO5S. The maximum absolute atomic E-state index is 12.5. The maximum atomic E-state index is 12.5. The van der Waals surface area contributed by atoms with E-state index in [-0.39, 0.29) is 23.7 Å². The minimum atomic E-state index is -3.36. The summed E-state index contributed by atoms with van der Waals surface area (Å²) >= 11 is 0. The Kier molecular flexibility index (Phi) is 4.86. The minimum Gasteiger partial charge on any atom is -0.444 e. The topological polar surface area (TPSA) is 72.9 Å². The number of hydrogen-bond acceptors (Lipinski definition) is 5. The van der Waals surface area contributed by atoms with Gasteiger partial charge in [-0.05, 0) is 77.0 Å². The molecular weight excluding hydrogens is 342 g/mol. The summed E-state index contributed by atoms with van der Waals surface area (Å²) in [6, 6.07) is 0.268. The second-order valence-corrected chi connectivity index (χ2v) is 10.8. The molecule has 7 heteroatoms. The van der Waals surface area contributed by atoms with E-state index in [0.29, 0.717) is 5.92 Å². The van der Waals surface area contributed by atoms with Crippen molar-refractivity contribution >= 4 is 16.2 Å². The van der Waals surface area contributed by atoms with E-state index in [1.807, 2.05) is 25.7 Å². The zero-order valence-electron chi connectivity index (χ0n) is 15.8. The van der Waals surface area contributed by atoms with E-state index < -0.39 is 15.7 Å². The van der Waals surface area contributed by atoms with E-state index in [1.54, 1.807) is 0 Å². The summed E-state index contributed by atoms with van der Waals surface area (Å²) in [6.45, 7) is 6.48. The molecule has 0 bridgehead atoms. The molecule has 1 atom stereocenters. The highest BCUT2D eigenvalue weighted by Gasteiger charge is 2.56. The van der Waals surface area contributed by atoms with Crippen LogP contribution < -0.4 is 0 Å². The number of ether oxygens (including phenoxy) is 1. The first-order valence-corrected chi connectivity index (χ1v) is 11.2. The highest BCUT2D eigenvalue weighted by Crippen LogP contribution is 2.61. The molecule has 0 radical (unpaired) electrons. The molecule has 1 saturated heterocycles. The molecule has 0 N–H and O–H groups in total. The number of amides is 1. The lowest BCUT2D eigenvalue weighted by atomic mass is 9.49. The van der Waals surface area contributed by atoms with Gasteiger partial charge in [-0.15, -0.1) is 0 Å². The Balaban J connectivity index is 1.53. The summed E-state index contributed by atoms with van der Waals surface area (Å²) in [5, 5.41) is 0. The van der Waals surface area contributed by atoms with E-state index in [4.69, 9.17) is 8.92 Å². The van der Waals surface area contributed by atoms with Gasteiger partial charge in [-0.25, -0.2) is 4.79 Å². The summed E-state index contributed by atoms with van der Waals surface area (Å²) in [4.78, 5) is 14.5. The van der Waals surface area contributed by atoms with Gasteiger partial charge in [-0.1, -0.05) is 0 Å². The van der Waals surface area contributed by atoms with E-state index in [9.17, 15) is 13.2 Å². The Hall–Kier alpha value is -0.820. The van der Waals surface area contributed by atoms with Gasteiger partial charge in [0.05, 0.1) is 12.4 Å². The number of rotatable bonds is 3. The molecule has 3 fully saturated rings. The first-order chi connectivity index (χ1) is 11.5. The first kappa shape index (κ1) is 19.0. The van der Waals surface area contributed by atoms with Crippen LogP contribution in [-0.2, 0) is 19.0 Å². The number of likely N-dealkylation sites (tertiary alicyclic amines) is 1. The van der Waals surface area contributed by atoms with Crippen LogP contribution in [0.25, 0.3) is 0 Å². The van der Waals surface area contributed by atoms with Crippen LogP contribution in [0.2, 0.25) is 0 Å². The highest BCUT2D eigenvalue weighted by molar-refractivity contribution is 7.86. The Bertz CT molecular complexity index is 610. The number of carbonyl (C=O) groups excluding carboxylic acids is 1. The van der Waals surface area contributed by atoms with Crippen molar-refractivity contribution in [2.75, 3.05) is 12.8 Å². The van der Waals surface area contributed by atoms with E-state index in [0.717, 1.165) is 57.7 Å². The fourth-order valence-electron chi connectivity index (χ4n) is 4.87. The molecule has 2 aliphatic carbocycles. The predicted octanol–water partition coefficient (Wildman–Crippen LogP) is 3.31. The average Bonchev–Trinajstić information content (AvgIpc) is 2.37. The molecule has 0 aromatic carbocycles. The van der Waals surface area contributed by atoms with Gasteiger partial charge in [0.25, 0.3) is 10.1 Å². The molecule has 0 unspecified atom stereocenters. The van der Waals surface area contributed by atoms with Crippen LogP contribution in [0.4, 0.5) is 4.79 Å². The fourth-order valence-corrected chi connectivity index (χ4v) is 5.50. The Morgan fingerprint density at radius 1 is 1.12 bits per heavy atom. The molecule has 1 heterocycles. The van der Waals surface area contributed by atoms with Gasteiger partial charge in [0.1, 0.15) is 5.60 Å². The van der Waals surface area contributed by atoms with Crippen molar-refractivity contribution in [1.29, 1.82) is 0 Å². The first-order valence-electron chi connectivity index (χ1n) is 9.34. The van der Waals surface area contributed by atoms with E-state index in [1.165, 1.54) is 0 Å². The molecule has 6 nitrogen and oxygen atoms in total. The molecule has 2 saturated carbocycles. The maximum Gasteiger partial charge on any atom is 0.410 e. The predicted molar refractivity (Wildman–Crippen MR) is 94.7 cm³/mol. The average molecular weight is 374 g/mol. The molecule has 1 amide bonds. The summed E-state index contributed by atoms with van der Waals surface area (Å²) < 4.78 is 33.1. The minimum absolute atomic E-state index is 0.149. The van der Waals surface area contributed by atoms with Crippen LogP contribution in [0.15, 0.2) is 0 Å². The summed E-state index contributed by atoms with van der Waals surface area (Å²) in [5.41, 5.74) is -0.221. The molecule has 1 spiro atoms. The lowest BCUT2D eigenvalue weighted by Gasteiger charge is -2.60.